The summed E-state index contributed by atoms with van der Waals surface area (Å²) in [5.74, 6) is -0.0777. The maximum absolute atomic E-state index is 12.4. The highest BCUT2D eigenvalue weighted by atomic mass is 16.3. The number of allylic oxidation sites excluding steroid dienone is 11. The van der Waals surface area contributed by atoms with E-state index in [0.717, 1.165) is 57.8 Å². The molecule has 0 rings (SSSR count). The molecule has 0 aromatic rings. The van der Waals surface area contributed by atoms with Crippen LogP contribution in [0.2, 0.25) is 0 Å². The van der Waals surface area contributed by atoms with Crippen LogP contribution in [0.5, 0.6) is 0 Å². The summed E-state index contributed by atoms with van der Waals surface area (Å²) in [5.41, 5.74) is 0. The molecular weight excluding hydrogens is 639 g/mol. The monoisotopic (exact) mass is 724 g/mol. The smallest absolute Gasteiger partial charge is 0.220 e. The van der Waals surface area contributed by atoms with Crippen molar-refractivity contribution in [2.45, 2.75) is 219 Å². The second kappa shape index (κ2) is 43.2. The van der Waals surface area contributed by atoms with Crippen molar-refractivity contribution in [1.82, 2.24) is 5.32 Å². The Balaban J connectivity index is 3.52. The number of hydrogen-bond donors (Lipinski definition) is 3. The Labute approximate surface area is 323 Å². The zero-order valence-electron chi connectivity index (χ0n) is 34.3. The van der Waals surface area contributed by atoms with Gasteiger partial charge in [0.15, 0.2) is 0 Å². The van der Waals surface area contributed by atoms with E-state index in [0.29, 0.717) is 6.42 Å². The second-order valence-corrected chi connectivity index (χ2v) is 14.7. The minimum Gasteiger partial charge on any atom is -0.394 e. The minimum atomic E-state index is -0.862. The van der Waals surface area contributed by atoms with Gasteiger partial charge >= 0.3 is 0 Å². The first-order chi connectivity index (χ1) is 25.7. The Morgan fingerprint density at radius 1 is 0.481 bits per heavy atom. The van der Waals surface area contributed by atoms with E-state index in [9.17, 15) is 15.0 Å². The number of hydrogen-bond acceptors (Lipinski definition) is 3. The fraction of sp³-hybridized carbons (Fsp3) is 0.729. The van der Waals surface area contributed by atoms with Crippen molar-refractivity contribution < 1.29 is 15.0 Å². The predicted molar refractivity (Wildman–Crippen MR) is 230 cm³/mol. The molecule has 4 nitrogen and oxygen atoms in total. The van der Waals surface area contributed by atoms with Crippen molar-refractivity contribution >= 4 is 5.91 Å². The number of aliphatic hydroxyl groups excluding tert-OH is 2. The molecule has 2 unspecified atom stereocenters. The van der Waals surface area contributed by atoms with Crippen LogP contribution in [0.4, 0.5) is 0 Å². The van der Waals surface area contributed by atoms with E-state index in [1.165, 1.54) is 128 Å². The van der Waals surface area contributed by atoms with E-state index in [-0.39, 0.29) is 12.5 Å². The van der Waals surface area contributed by atoms with Crippen LogP contribution in [0.3, 0.4) is 0 Å². The third-order valence-corrected chi connectivity index (χ3v) is 9.67. The fourth-order valence-corrected chi connectivity index (χ4v) is 6.30. The Bertz CT molecular complexity index is 915. The van der Waals surface area contributed by atoms with Gasteiger partial charge < -0.3 is 15.5 Å². The lowest BCUT2D eigenvalue weighted by Gasteiger charge is -2.19. The Kier molecular flexibility index (Phi) is 41.4. The molecular formula is C48H85NO3. The normalized spacial score (nSPS) is 13.7. The van der Waals surface area contributed by atoms with E-state index >= 15 is 0 Å². The van der Waals surface area contributed by atoms with Gasteiger partial charge in [0.2, 0.25) is 5.91 Å². The Hall–Kier alpha value is -2.17. The van der Waals surface area contributed by atoms with Gasteiger partial charge in [0.25, 0.3) is 0 Å². The van der Waals surface area contributed by atoms with Gasteiger partial charge in [-0.25, -0.2) is 0 Å². The standard InChI is InChI=1S/C48H85NO3/c1-3-5-7-9-11-13-15-16-17-18-19-20-21-22-23-24-25-26-27-28-29-30-31-32-34-36-38-40-42-44-48(52)49-46(45-50)47(51)43-41-39-37-35-33-14-12-10-8-6-4-2/h5,7,11,13,16-17,19-20,33,35,41,43,46-47,50-51H,3-4,6,8-10,12,14-15,18,21-32,34,36-40,42,44-45H2,1-2H3,(H,49,52)/b7-5-,13-11-,17-16-,20-19-,35-33+,43-41+. The number of unbranched alkanes of at least 4 members (excludes halogenated alkanes) is 22. The molecule has 0 aliphatic rings. The van der Waals surface area contributed by atoms with Gasteiger partial charge in [-0.1, -0.05) is 202 Å². The third kappa shape index (κ3) is 39.0. The van der Waals surface area contributed by atoms with E-state index in [2.05, 4.69) is 79.9 Å². The lowest BCUT2D eigenvalue weighted by molar-refractivity contribution is -0.123. The van der Waals surface area contributed by atoms with Gasteiger partial charge in [-0.05, 0) is 70.6 Å². The van der Waals surface area contributed by atoms with Crippen LogP contribution in [0.15, 0.2) is 72.9 Å². The summed E-state index contributed by atoms with van der Waals surface area (Å²) in [7, 11) is 0. The largest absolute Gasteiger partial charge is 0.394 e. The molecule has 52 heavy (non-hydrogen) atoms. The third-order valence-electron chi connectivity index (χ3n) is 9.67. The molecule has 0 aromatic carbocycles. The van der Waals surface area contributed by atoms with Crippen molar-refractivity contribution in [2.24, 2.45) is 0 Å². The van der Waals surface area contributed by atoms with E-state index < -0.39 is 12.1 Å². The average molecular weight is 724 g/mol. The highest BCUT2D eigenvalue weighted by molar-refractivity contribution is 5.76. The number of rotatable bonds is 39. The molecule has 0 heterocycles. The summed E-state index contributed by atoms with van der Waals surface area (Å²) < 4.78 is 0. The number of amides is 1. The van der Waals surface area contributed by atoms with Crippen molar-refractivity contribution in [2.75, 3.05) is 6.61 Å². The Morgan fingerprint density at radius 2 is 0.865 bits per heavy atom. The molecule has 0 aliphatic heterocycles. The van der Waals surface area contributed by atoms with Crippen LogP contribution in [0.1, 0.15) is 206 Å². The van der Waals surface area contributed by atoms with Crippen LogP contribution in [-0.2, 0) is 4.79 Å². The average Bonchev–Trinajstić information content (AvgIpc) is 3.15. The predicted octanol–water partition coefficient (Wildman–Crippen LogP) is 13.9. The number of carbonyl (C=O) groups is 1. The molecule has 0 radical (unpaired) electrons. The lowest BCUT2D eigenvalue weighted by Crippen LogP contribution is -2.45. The molecule has 300 valence electrons. The van der Waals surface area contributed by atoms with Crippen LogP contribution in [-0.4, -0.2) is 34.9 Å². The molecule has 0 saturated carbocycles. The summed E-state index contributed by atoms with van der Waals surface area (Å²) in [6.45, 7) is 4.15. The topological polar surface area (TPSA) is 69.6 Å². The second-order valence-electron chi connectivity index (χ2n) is 14.7. The summed E-state index contributed by atoms with van der Waals surface area (Å²) in [5, 5.41) is 22.9. The molecule has 0 aliphatic carbocycles. The van der Waals surface area contributed by atoms with Crippen LogP contribution in [0, 0.1) is 0 Å². The minimum absolute atomic E-state index is 0.0777. The molecule has 0 aromatic heterocycles. The van der Waals surface area contributed by atoms with Crippen molar-refractivity contribution in [3.05, 3.63) is 72.9 Å². The first-order valence-electron chi connectivity index (χ1n) is 22.2. The highest BCUT2D eigenvalue weighted by Gasteiger charge is 2.17. The molecule has 2 atom stereocenters. The van der Waals surface area contributed by atoms with Gasteiger partial charge in [0.1, 0.15) is 0 Å². The molecule has 0 fully saturated rings. The summed E-state index contributed by atoms with van der Waals surface area (Å²) >= 11 is 0. The summed E-state index contributed by atoms with van der Waals surface area (Å²) in [6.07, 6.45) is 61.6. The van der Waals surface area contributed by atoms with Crippen LogP contribution in [0.25, 0.3) is 0 Å². The fourth-order valence-electron chi connectivity index (χ4n) is 6.30. The summed E-state index contributed by atoms with van der Waals surface area (Å²) in [6, 6.07) is -0.639. The van der Waals surface area contributed by atoms with Gasteiger partial charge in [-0.3, -0.25) is 4.79 Å². The molecule has 4 heteroatoms. The molecule has 0 spiro atoms. The molecule has 1 amide bonds. The lowest BCUT2D eigenvalue weighted by atomic mass is 10.0. The van der Waals surface area contributed by atoms with Gasteiger partial charge in [0, 0.05) is 6.42 Å². The van der Waals surface area contributed by atoms with Gasteiger partial charge in [-0.2, -0.15) is 0 Å². The first-order valence-corrected chi connectivity index (χ1v) is 22.2. The van der Waals surface area contributed by atoms with Crippen molar-refractivity contribution in [1.29, 1.82) is 0 Å². The molecule has 0 saturated heterocycles. The van der Waals surface area contributed by atoms with E-state index in [1.54, 1.807) is 6.08 Å². The highest BCUT2D eigenvalue weighted by Crippen LogP contribution is 2.15. The van der Waals surface area contributed by atoms with Crippen molar-refractivity contribution in [3.63, 3.8) is 0 Å². The molecule has 0 bridgehead atoms. The SMILES string of the molecule is CC/C=C\C/C=C\C/C=C\C/C=C\CCCCCCCCCCCCCCCCCCC(=O)NC(CO)C(O)/C=C/CC/C=C/CCCCCCC. The van der Waals surface area contributed by atoms with Crippen LogP contribution < -0.4 is 5.32 Å². The Morgan fingerprint density at radius 3 is 1.35 bits per heavy atom. The van der Waals surface area contributed by atoms with Gasteiger partial charge in [0.05, 0.1) is 18.8 Å². The quantitative estimate of drug-likeness (QED) is 0.0437. The van der Waals surface area contributed by atoms with E-state index in [4.69, 9.17) is 0 Å². The summed E-state index contributed by atoms with van der Waals surface area (Å²) in [4.78, 5) is 12.4. The maximum Gasteiger partial charge on any atom is 0.220 e. The zero-order chi connectivity index (χ0) is 37.8. The van der Waals surface area contributed by atoms with E-state index in [1.807, 2.05) is 6.08 Å². The first kappa shape index (κ1) is 49.8. The number of carbonyl (C=O) groups excluding carboxylic acids is 1. The number of aliphatic hydroxyl groups is 2. The van der Waals surface area contributed by atoms with Crippen molar-refractivity contribution in [3.8, 4) is 0 Å². The van der Waals surface area contributed by atoms with Gasteiger partial charge in [-0.15, -0.1) is 0 Å². The van der Waals surface area contributed by atoms with Crippen LogP contribution >= 0.6 is 0 Å². The number of nitrogens with one attached hydrogen (secondary N) is 1. The zero-order valence-corrected chi connectivity index (χ0v) is 34.3. The maximum atomic E-state index is 12.4. The molecule has 3 N–H and O–H groups in total.